The molecule has 6 heteroatoms. The van der Waals surface area contributed by atoms with E-state index in [1.807, 2.05) is 13.8 Å². The highest BCUT2D eigenvalue weighted by molar-refractivity contribution is 5.75. The molecule has 0 fully saturated rings. The second kappa shape index (κ2) is 7.91. The van der Waals surface area contributed by atoms with Crippen LogP contribution in [0.1, 0.15) is 25.5 Å². The summed E-state index contributed by atoms with van der Waals surface area (Å²) in [6.07, 6.45) is 0. The summed E-state index contributed by atoms with van der Waals surface area (Å²) in [5.74, 6) is -2.76. The number of halogens is 2. The van der Waals surface area contributed by atoms with Gasteiger partial charge < -0.3 is 10.0 Å². The average Bonchev–Trinajstić information content (AvgIpc) is 2.40. The second-order valence-electron chi connectivity index (χ2n) is 4.42. The Bertz CT molecular complexity index is 451. The van der Waals surface area contributed by atoms with E-state index in [1.165, 1.54) is 0 Å². The van der Waals surface area contributed by atoms with E-state index >= 15 is 0 Å². The van der Waals surface area contributed by atoms with Crippen molar-refractivity contribution < 1.29 is 18.7 Å². The van der Waals surface area contributed by atoms with Crippen molar-refractivity contribution in [3.63, 3.8) is 0 Å². The highest BCUT2D eigenvalue weighted by Crippen LogP contribution is 2.18. The molecule has 1 aromatic carbocycles. The fourth-order valence-electron chi connectivity index (χ4n) is 1.97. The fourth-order valence-corrected chi connectivity index (χ4v) is 1.97. The molecule has 0 radical (unpaired) electrons. The molecule has 112 valence electrons. The summed E-state index contributed by atoms with van der Waals surface area (Å²) in [5, 5.41) is 12.0. The number of benzene rings is 1. The molecule has 0 aliphatic rings. The van der Waals surface area contributed by atoms with Gasteiger partial charge in [-0.25, -0.2) is 8.78 Å². The first kappa shape index (κ1) is 16.5. The van der Waals surface area contributed by atoms with Crippen molar-refractivity contribution in [3.8, 4) is 0 Å². The number of nitrogens with zero attached hydrogens (tertiary/aromatic N) is 1. The quantitative estimate of drug-likeness (QED) is 0.767. The predicted octanol–water partition coefficient (Wildman–Crippen LogP) is 2.02. The minimum absolute atomic E-state index is 0.0570. The standard InChI is InChI=1S/C14H20F2N2O2/c1-3-18(4-2)8-7-17-13(14(19)20)11-6-5-10(15)9-12(11)16/h5-6,9,13,17H,3-4,7-8H2,1-2H3,(H,19,20). The number of carbonyl (C=O) groups is 1. The highest BCUT2D eigenvalue weighted by atomic mass is 19.1. The lowest BCUT2D eigenvalue weighted by Gasteiger charge is -2.21. The SMILES string of the molecule is CCN(CC)CCNC(C(=O)O)c1ccc(F)cc1F. The lowest BCUT2D eigenvalue weighted by atomic mass is 10.1. The van der Waals surface area contributed by atoms with Crippen molar-refractivity contribution in [1.29, 1.82) is 0 Å². The van der Waals surface area contributed by atoms with Crippen LogP contribution in [0.4, 0.5) is 8.78 Å². The zero-order valence-corrected chi connectivity index (χ0v) is 11.7. The maximum Gasteiger partial charge on any atom is 0.325 e. The number of nitrogens with one attached hydrogen (secondary N) is 1. The molecule has 4 nitrogen and oxygen atoms in total. The molecule has 0 spiro atoms. The predicted molar refractivity (Wildman–Crippen MR) is 72.5 cm³/mol. The molecule has 0 heterocycles. The van der Waals surface area contributed by atoms with Gasteiger partial charge in [0.1, 0.15) is 17.7 Å². The highest BCUT2D eigenvalue weighted by Gasteiger charge is 2.22. The van der Waals surface area contributed by atoms with Crippen LogP contribution in [0.3, 0.4) is 0 Å². The third kappa shape index (κ3) is 4.54. The van der Waals surface area contributed by atoms with Crippen LogP contribution >= 0.6 is 0 Å². The molecule has 0 aliphatic carbocycles. The topological polar surface area (TPSA) is 52.6 Å². The van der Waals surface area contributed by atoms with E-state index in [-0.39, 0.29) is 5.56 Å². The summed E-state index contributed by atoms with van der Waals surface area (Å²) >= 11 is 0. The van der Waals surface area contributed by atoms with E-state index in [0.29, 0.717) is 19.2 Å². The van der Waals surface area contributed by atoms with Gasteiger partial charge in [0.2, 0.25) is 0 Å². The smallest absolute Gasteiger partial charge is 0.325 e. The van der Waals surface area contributed by atoms with E-state index < -0.39 is 23.6 Å². The monoisotopic (exact) mass is 286 g/mol. The number of carboxylic acid groups (broad SMARTS) is 1. The molecule has 20 heavy (non-hydrogen) atoms. The van der Waals surface area contributed by atoms with Crippen LogP contribution in [0.25, 0.3) is 0 Å². The van der Waals surface area contributed by atoms with Gasteiger partial charge in [0.25, 0.3) is 0 Å². The van der Waals surface area contributed by atoms with E-state index in [9.17, 15) is 13.6 Å². The van der Waals surface area contributed by atoms with Crippen LogP contribution in [0.2, 0.25) is 0 Å². The minimum Gasteiger partial charge on any atom is -0.480 e. The molecular formula is C14H20F2N2O2. The zero-order valence-electron chi connectivity index (χ0n) is 11.7. The van der Waals surface area contributed by atoms with Gasteiger partial charge in [0, 0.05) is 24.7 Å². The van der Waals surface area contributed by atoms with Gasteiger partial charge in [-0.2, -0.15) is 0 Å². The zero-order chi connectivity index (χ0) is 15.1. The van der Waals surface area contributed by atoms with E-state index in [1.54, 1.807) is 0 Å². The maximum absolute atomic E-state index is 13.6. The van der Waals surface area contributed by atoms with Gasteiger partial charge in [-0.15, -0.1) is 0 Å². The molecule has 0 saturated heterocycles. The summed E-state index contributed by atoms with van der Waals surface area (Å²) in [6.45, 7) is 6.83. The fraction of sp³-hybridized carbons (Fsp3) is 0.500. The first-order valence-corrected chi connectivity index (χ1v) is 6.63. The summed E-state index contributed by atoms with van der Waals surface area (Å²) in [4.78, 5) is 13.3. The van der Waals surface area contributed by atoms with Crippen molar-refractivity contribution in [2.75, 3.05) is 26.2 Å². The van der Waals surface area contributed by atoms with E-state index in [4.69, 9.17) is 5.11 Å². The minimum atomic E-state index is -1.19. The van der Waals surface area contributed by atoms with Crippen LogP contribution < -0.4 is 5.32 Å². The van der Waals surface area contributed by atoms with Gasteiger partial charge in [-0.1, -0.05) is 19.9 Å². The molecule has 1 unspecified atom stereocenters. The van der Waals surface area contributed by atoms with Gasteiger partial charge in [-0.05, 0) is 19.2 Å². The lowest BCUT2D eigenvalue weighted by molar-refractivity contribution is -0.139. The maximum atomic E-state index is 13.6. The van der Waals surface area contributed by atoms with Gasteiger partial charge >= 0.3 is 5.97 Å². The van der Waals surface area contributed by atoms with Crippen molar-refractivity contribution in [2.24, 2.45) is 0 Å². The number of aliphatic carboxylic acids is 1. The van der Waals surface area contributed by atoms with Crippen LogP contribution in [-0.2, 0) is 4.79 Å². The first-order chi connectivity index (χ1) is 9.49. The molecular weight excluding hydrogens is 266 g/mol. The Balaban J connectivity index is 2.72. The largest absolute Gasteiger partial charge is 0.480 e. The Morgan fingerprint density at radius 3 is 2.50 bits per heavy atom. The Morgan fingerprint density at radius 2 is 2.00 bits per heavy atom. The number of likely N-dealkylation sites (N-methyl/N-ethyl adjacent to an activating group) is 1. The summed E-state index contributed by atoms with van der Waals surface area (Å²) in [7, 11) is 0. The third-order valence-corrected chi connectivity index (χ3v) is 3.19. The molecule has 1 rings (SSSR count). The lowest BCUT2D eigenvalue weighted by Crippen LogP contribution is -2.36. The van der Waals surface area contributed by atoms with Crippen LogP contribution in [-0.4, -0.2) is 42.2 Å². The Kier molecular flexibility index (Phi) is 6.54. The average molecular weight is 286 g/mol. The Morgan fingerprint density at radius 1 is 1.35 bits per heavy atom. The third-order valence-electron chi connectivity index (χ3n) is 3.19. The number of carboxylic acids is 1. The Labute approximate surface area is 117 Å². The van der Waals surface area contributed by atoms with E-state index in [2.05, 4.69) is 10.2 Å². The van der Waals surface area contributed by atoms with Crippen molar-refractivity contribution in [2.45, 2.75) is 19.9 Å². The Hall–Kier alpha value is -1.53. The normalized spacial score (nSPS) is 12.7. The van der Waals surface area contributed by atoms with Crippen molar-refractivity contribution in [1.82, 2.24) is 10.2 Å². The second-order valence-corrected chi connectivity index (χ2v) is 4.42. The number of rotatable bonds is 8. The molecule has 0 aromatic heterocycles. The van der Waals surface area contributed by atoms with Crippen LogP contribution in [0.15, 0.2) is 18.2 Å². The molecule has 0 saturated carbocycles. The summed E-state index contributed by atoms with van der Waals surface area (Å²) in [5.41, 5.74) is -0.0570. The molecule has 2 N–H and O–H groups in total. The van der Waals surface area contributed by atoms with Gasteiger partial charge in [0.15, 0.2) is 0 Å². The van der Waals surface area contributed by atoms with E-state index in [0.717, 1.165) is 25.2 Å². The van der Waals surface area contributed by atoms with Crippen molar-refractivity contribution in [3.05, 3.63) is 35.4 Å². The van der Waals surface area contributed by atoms with Crippen LogP contribution in [0, 0.1) is 11.6 Å². The summed E-state index contributed by atoms with van der Waals surface area (Å²) in [6, 6.07) is 1.73. The number of hydrogen-bond acceptors (Lipinski definition) is 3. The van der Waals surface area contributed by atoms with Crippen molar-refractivity contribution >= 4 is 5.97 Å². The molecule has 1 atom stereocenters. The molecule has 0 bridgehead atoms. The summed E-state index contributed by atoms with van der Waals surface area (Å²) < 4.78 is 26.5. The molecule has 0 amide bonds. The van der Waals surface area contributed by atoms with Gasteiger partial charge in [-0.3, -0.25) is 10.1 Å². The molecule has 1 aromatic rings. The van der Waals surface area contributed by atoms with Gasteiger partial charge in [0.05, 0.1) is 0 Å². The molecule has 0 aliphatic heterocycles. The first-order valence-electron chi connectivity index (χ1n) is 6.63. The number of hydrogen-bond donors (Lipinski definition) is 2. The van der Waals surface area contributed by atoms with Crippen LogP contribution in [0.5, 0.6) is 0 Å².